The van der Waals surface area contributed by atoms with E-state index in [0.29, 0.717) is 6.61 Å². The molecule has 10 nitrogen and oxygen atoms in total. The SMILES string of the molecule is O=C(O)C(F)(F)F.O=C(O)C(F)(F)F.O=C(c1cccs1)N1CCN(c2ccc3c(n2)OCCNC3)CC1. The smallest absolute Gasteiger partial charge is 0.476 e. The number of carbonyl (C=O) groups is 3. The number of alkyl halides is 6. The first-order valence-electron chi connectivity index (χ1n) is 10.7. The van der Waals surface area contributed by atoms with E-state index in [2.05, 4.69) is 21.3 Å². The molecule has 1 fully saturated rings. The van der Waals surface area contributed by atoms with Crippen molar-refractivity contribution in [3.63, 3.8) is 0 Å². The van der Waals surface area contributed by atoms with Gasteiger partial charge in [-0.1, -0.05) is 6.07 Å². The number of fused-ring (bicyclic) bond motifs is 1. The fourth-order valence-electron chi connectivity index (χ4n) is 3.03. The van der Waals surface area contributed by atoms with Crippen LogP contribution in [0, 0.1) is 0 Å². The van der Waals surface area contributed by atoms with Crippen LogP contribution < -0.4 is 15.0 Å². The second-order valence-corrected chi connectivity index (χ2v) is 8.47. The van der Waals surface area contributed by atoms with Crippen molar-refractivity contribution in [2.24, 2.45) is 0 Å². The van der Waals surface area contributed by atoms with Crippen molar-refractivity contribution in [1.29, 1.82) is 0 Å². The number of nitrogens with zero attached hydrogens (tertiary/aromatic N) is 3. The van der Waals surface area contributed by atoms with Gasteiger partial charge in [0.25, 0.3) is 5.91 Å². The van der Waals surface area contributed by atoms with Crippen molar-refractivity contribution in [2.75, 3.05) is 44.2 Å². The van der Waals surface area contributed by atoms with Crippen LogP contribution in [0.1, 0.15) is 15.2 Å². The first kappa shape index (κ1) is 30.6. The van der Waals surface area contributed by atoms with Crippen molar-refractivity contribution < 1.29 is 55.7 Å². The molecule has 0 saturated carbocycles. The quantitative estimate of drug-likeness (QED) is 0.465. The molecule has 4 rings (SSSR count). The largest absolute Gasteiger partial charge is 0.490 e. The maximum absolute atomic E-state index is 12.4. The Balaban J connectivity index is 0.000000301. The zero-order valence-corrected chi connectivity index (χ0v) is 20.2. The molecule has 4 heterocycles. The molecule has 2 aromatic heterocycles. The van der Waals surface area contributed by atoms with Crippen LogP contribution in [0.15, 0.2) is 29.6 Å². The molecule has 210 valence electrons. The Morgan fingerprint density at radius 3 is 2.03 bits per heavy atom. The Morgan fingerprint density at radius 2 is 1.53 bits per heavy atom. The molecular formula is C21H22F6N4O6S. The third-order valence-corrected chi connectivity index (χ3v) is 5.72. The number of nitrogens with one attached hydrogen (secondary N) is 1. The van der Waals surface area contributed by atoms with Crippen LogP contribution in [-0.4, -0.2) is 89.6 Å². The predicted molar refractivity (Wildman–Crippen MR) is 121 cm³/mol. The van der Waals surface area contributed by atoms with Gasteiger partial charge in [-0.05, 0) is 23.6 Å². The molecule has 2 aliphatic heterocycles. The van der Waals surface area contributed by atoms with Gasteiger partial charge in [0.05, 0.1) is 4.88 Å². The van der Waals surface area contributed by atoms with Gasteiger partial charge < -0.3 is 30.1 Å². The molecule has 0 radical (unpaired) electrons. The van der Waals surface area contributed by atoms with Crippen molar-refractivity contribution >= 4 is 35.0 Å². The number of hydrogen-bond donors (Lipinski definition) is 3. The summed E-state index contributed by atoms with van der Waals surface area (Å²) in [6, 6.07) is 7.94. The average molecular weight is 572 g/mol. The number of ether oxygens (including phenoxy) is 1. The lowest BCUT2D eigenvalue weighted by atomic mass is 10.2. The van der Waals surface area contributed by atoms with Gasteiger partial charge in [0.1, 0.15) is 12.4 Å². The van der Waals surface area contributed by atoms with Crippen molar-refractivity contribution in [3.05, 3.63) is 40.1 Å². The fraction of sp³-hybridized carbons (Fsp3) is 0.429. The van der Waals surface area contributed by atoms with Gasteiger partial charge >= 0.3 is 24.3 Å². The number of anilines is 1. The number of thiophene rings is 1. The third kappa shape index (κ3) is 9.37. The number of rotatable bonds is 2. The molecule has 3 N–H and O–H groups in total. The summed E-state index contributed by atoms with van der Waals surface area (Å²) in [6.07, 6.45) is -10.2. The molecule has 2 aromatic rings. The lowest BCUT2D eigenvalue weighted by molar-refractivity contribution is -0.193. The Hall–Kier alpha value is -3.60. The number of carbonyl (C=O) groups excluding carboxylic acids is 1. The Kier molecular flexibility index (Phi) is 10.7. The highest BCUT2D eigenvalue weighted by Crippen LogP contribution is 2.24. The zero-order valence-electron chi connectivity index (χ0n) is 19.4. The average Bonchev–Trinajstić information content (AvgIpc) is 3.28. The van der Waals surface area contributed by atoms with Crippen LogP contribution in [0.5, 0.6) is 5.88 Å². The number of carboxylic acid groups (broad SMARTS) is 2. The Bertz CT molecular complexity index is 1060. The highest BCUT2D eigenvalue weighted by Gasteiger charge is 2.38. The monoisotopic (exact) mass is 572 g/mol. The van der Waals surface area contributed by atoms with Crippen LogP contribution in [0.4, 0.5) is 32.2 Å². The number of halogens is 6. The van der Waals surface area contributed by atoms with E-state index in [1.165, 1.54) is 11.3 Å². The highest BCUT2D eigenvalue weighted by molar-refractivity contribution is 7.12. The van der Waals surface area contributed by atoms with Gasteiger partial charge in [0.15, 0.2) is 0 Å². The first-order chi connectivity index (χ1) is 17.7. The van der Waals surface area contributed by atoms with Crippen LogP contribution >= 0.6 is 11.3 Å². The molecule has 0 bridgehead atoms. The molecule has 0 aliphatic carbocycles. The molecular weight excluding hydrogens is 550 g/mol. The molecule has 2 aliphatic rings. The van der Waals surface area contributed by atoms with E-state index >= 15 is 0 Å². The summed E-state index contributed by atoms with van der Waals surface area (Å²) in [7, 11) is 0. The topological polar surface area (TPSA) is 132 Å². The molecule has 1 saturated heterocycles. The summed E-state index contributed by atoms with van der Waals surface area (Å²) in [5, 5.41) is 19.5. The Labute approximate surface area is 215 Å². The molecule has 17 heteroatoms. The van der Waals surface area contributed by atoms with Crippen molar-refractivity contribution in [3.8, 4) is 5.88 Å². The zero-order chi connectivity index (χ0) is 28.5. The lowest BCUT2D eigenvalue weighted by Gasteiger charge is -2.35. The minimum Gasteiger partial charge on any atom is -0.476 e. The van der Waals surface area contributed by atoms with E-state index in [9.17, 15) is 31.1 Å². The third-order valence-electron chi connectivity index (χ3n) is 4.87. The van der Waals surface area contributed by atoms with E-state index in [4.69, 9.17) is 24.5 Å². The van der Waals surface area contributed by atoms with E-state index in [1.54, 1.807) is 0 Å². The molecule has 38 heavy (non-hydrogen) atoms. The molecule has 1 amide bonds. The minimum absolute atomic E-state index is 0.133. The lowest BCUT2D eigenvalue weighted by Crippen LogP contribution is -2.48. The normalized spacial score (nSPS) is 15.4. The molecule has 0 atom stereocenters. The molecule has 0 aromatic carbocycles. The van der Waals surface area contributed by atoms with Gasteiger partial charge in [-0.15, -0.1) is 11.3 Å². The van der Waals surface area contributed by atoms with Crippen LogP contribution in [-0.2, 0) is 16.1 Å². The predicted octanol–water partition coefficient (Wildman–Crippen LogP) is 2.85. The van der Waals surface area contributed by atoms with Crippen LogP contribution in [0.3, 0.4) is 0 Å². The summed E-state index contributed by atoms with van der Waals surface area (Å²) >= 11 is 1.50. The number of piperazine rings is 1. The molecule has 0 unspecified atom stereocenters. The van der Waals surface area contributed by atoms with E-state index in [0.717, 1.165) is 61.4 Å². The maximum atomic E-state index is 12.4. The van der Waals surface area contributed by atoms with Gasteiger partial charge in [0, 0.05) is 44.8 Å². The molecule has 0 spiro atoms. The Morgan fingerprint density at radius 1 is 0.947 bits per heavy atom. The van der Waals surface area contributed by atoms with E-state index < -0.39 is 24.3 Å². The highest BCUT2D eigenvalue weighted by atomic mass is 32.1. The van der Waals surface area contributed by atoms with Gasteiger partial charge in [-0.2, -0.15) is 31.3 Å². The maximum Gasteiger partial charge on any atom is 0.490 e. The second-order valence-electron chi connectivity index (χ2n) is 7.52. The standard InChI is InChI=1S/C17H20N4O2S.2C2HF3O2/c22-17(14-2-1-11-24-14)21-8-6-20(7-9-21)15-4-3-13-12-18-5-10-23-16(13)19-15;2*3-2(4,5)1(6)7/h1-4,11,18H,5-10,12H2;2*(H,6,7). The number of pyridine rings is 1. The van der Waals surface area contributed by atoms with E-state index in [1.807, 2.05) is 28.5 Å². The van der Waals surface area contributed by atoms with Crippen molar-refractivity contribution in [1.82, 2.24) is 15.2 Å². The van der Waals surface area contributed by atoms with E-state index in [-0.39, 0.29) is 5.91 Å². The van der Waals surface area contributed by atoms with Crippen LogP contribution in [0.2, 0.25) is 0 Å². The second kappa shape index (κ2) is 13.3. The van der Waals surface area contributed by atoms with Gasteiger partial charge in [-0.3, -0.25) is 4.79 Å². The summed E-state index contributed by atoms with van der Waals surface area (Å²) < 4.78 is 69.2. The number of amides is 1. The fourth-order valence-corrected chi connectivity index (χ4v) is 3.72. The summed E-state index contributed by atoms with van der Waals surface area (Å²) in [6.45, 7) is 5.31. The van der Waals surface area contributed by atoms with Crippen molar-refractivity contribution in [2.45, 2.75) is 18.9 Å². The summed E-state index contributed by atoms with van der Waals surface area (Å²) in [5.41, 5.74) is 1.10. The minimum atomic E-state index is -5.08. The number of hydrogen-bond acceptors (Lipinski definition) is 8. The van der Waals surface area contributed by atoms with Crippen LogP contribution in [0.25, 0.3) is 0 Å². The number of aromatic nitrogens is 1. The summed E-state index contributed by atoms with van der Waals surface area (Å²) in [4.78, 5) is 39.8. The van der Waals surface area contributed by atoms with Gasteiger partial charge in [0.2, 0.25) is 5.88 Å². The number of aliphatic carboxylic acids is 2. The first-order valence-corrected chi connectivity index (χ1v) is 11.6. The number of carboxylic acids is 2. The summed E-state index contributed by atoms with van der Waals surface area (Å²) in [5.74, 6) is -3.72. The van der Waals surface area contributed by atoms with Gasteiger partial charge in [-0.25, -0.2) is 9.59 Å².